The van der Waals surface area contributed by atoms with Gasteiger partial charge in [-0.2, -0.15) is 0 Å². The highest BCUT2D eigenvalue weighted by Gasteiger charge is 2.18. The van der Waals surface area contributed by atoms with E-state index in [-0.39, 0.29) is 13.0 Å². The third-order valence-electron chi connectivity index (χ3n) is 1.92. The van der Waals surface area contributed by atoms with E-state index in [0.29, 0.717) is 25.3 Å². The Bertz CT molecular complexity index is 215. The second-order valence-electron chi connectivity index (χ2n) is 2.93. The van der Waals surface area contributed by atoms with E-state index in [1.807, 2.05) is 4.90 Å². The molecule has 0 radical (unpaired) electrons. The minimum absolute atomic E-state index is 0.00850. The molecular formula is C8H14N2O3. The Morgan fingerprint density at radius 1 is 1.62 bits per heavy atom. The molecule has 5 nitrogen and oxygen atoms in total. The Hall–Kier alpha value is -1.10. The molecule has 0 aromatic rings. The first-order valence-electron chi connectivity index (χ1n) is 4.35. The normalized spacial score (nSPS) is 16.1. The van der Waals surface area contributed by atoms with Crippen molar-refractivity contribution < 1.29 is 15.0 Å². The van der Waals surface area contributed by atoms with Crippen LogP contribution in [0, 0.1) is 0 Å². The van der Waals surface area contributed by atoms with Gasteiger partial charge in [-0.25, -0.2) is 0 Å². The summed E-state index contributed by atoms with van der Waals surface area (Å²) in [5.74, 6) is -0.212. The highest BCUT2D eigenvalue weighted by atomic mass is 16.4. The minimum atomic E-state index is -0.852. The molecule has 13 heavy (non-hydrogen) atoms. The summed E-state index contributed by atoms with van der Waals surface area (Å²) in [6, 6.07) is 0. The van der Waals surface area contributed by atoms with E-state index in [9.17, 15) is 4.79 Å². The van der Waals surface area contributed by atoms with Gasteiger partial charge in [0.2, 0.25) is 0 Å². The molecule has 0 unspecified atom stereocenters. The SMILES string of the molecule is O=C(O)CC1=NCCN1CCCO. The maximum absolute atomic E-state index is 10.4. The van der Waals surface area contributed by atoms with Crippen LogP contribution in [0.15, 0.2) is 4.99 Å². The average Bonchev–Trinajstić information content (AvgIpc) is 2.48. The van der Waals surface area contributed by atoms with Crippen molar-refractivity contribution in [3.8, 4) is 0 Å². The number of carbonyl (C=O) groups is 1. The van der Waals surface area contributed by atoms with Crippen LogP contribution in [0.2, 0.25) is 0 Å². The molecule has 0 atom stereocenters. The molecule has 0 saturated carbocycles. The molecule has 0 spiro atoms. The molecule has 5 heteroatoms. The third-order valence-corrected chi connectivity index (χ3v) is 1.92. The number of amidine groups is 1. The van der Waals surface area contributed by atoms with Crippen LogP contribution in [0.3, 0.4) is 0 Å². The monoisotopic (exact) mass is 186 g/mol. The fourth-order valence-corrected chi connectivity index (χ4v) is 1.33. The van der Waals surface area contributed by atoms with E-state index in [0.717, 1.165) is 6.54 Å². The molecule has 0 aromatic heterocycles. The van der Waals surface area contributed by atoms with Crippen LogP contribution in [-0.2, 0) is 4.79 Å². The van der Waals surface area contributed by atoms with Gasteiger partial charge in [-0.05, 0) is 6.42 Å². The summed E-state index contributed by atoms with van der Waals surface area (Å²) in [5.41, 5.74) is 0. The van der Waals surface area contributed by atoms with E-state index < -0.39 is 5.97 Å². The lowest BCUT2D eigenvalue weighted by Gasteiger charge is -2.18. The minimum Gasteiger partial charge on any atom is -0.481 e. The molecule has 0 fully saturated rings. The van der Waals surface area contributed by atoms with Crippen LogP contribution in [0.25, 0.3) is 0 Å². The number of carboxylic acids is 1. The van der Waals surface area contributed by atoms with Crippen molar-refractivity contribution in [2.24, 2.45) is 4.99 Å². The lowest BCUT2D eigenvalue weighted by Crippen LogP contribution is -2.30. The van der Waals surface area contributed by atoms with Gasteiger partial charge in [0.15, 0.2) is 0 Å². The molecule has 0 bridgehead atoms. The van der Waals surface area contributed by atoms with Crippen molar-refractivity contribution >= 4 is 11.8 Å². The Balaban J connectivity index is 2.38. The first-order valence-corrected chi connectivity index (χ1v) is 4.35. The van der Waals surface area contributed by atoms with Crippen LogP contribution in [-0.4, -0.2) is 53.2 Å². The fraction of sp³-hybridized carbons (Fsp3) is 0.750. The second kappa shape index (κ2) is 4.81. The molecule has 0 aliphatic carbocycles. The van der Waals surface area contributed by atoms with Crippen molar-refractivity contribution in [2.45, 2.75) is 12.8 Å². The van der Waals surface area contributed by atoms with Gasteiger partial charge in [-0.15, -0.1) is 0 Å². The molecule has 74 valence electrons. The topological polar surface area (TPSA) is 73.1 Å². The van der Waals surface area contributed by atoms with Crippen LogP contribution in [0.1, 0.15) is 12.8 Å². The number of hydrogen-bond donors (Lipinski definition) is 2. The maximum Gasteiger partial charge on any atom is 0.310 e. The quantitative estimate of drug-likeness (QED) is 0.610. The van der Waals surface area contributed by atoms with Crippen molar-refractivity contribution in [1.82, 2.24) is 4.90 Å². The number of aliphatic carboxylic acids is 1. The van der Waals surface area contributed by atoms with Crippen LogP contribution in [0.5, 0.6) is 0 Å². The van der Waals surface area contributed by atoms with Gasteiger partial charge >= 0.3 is 5.97 Å². The summed E-state index contributed by atoms with van der Waals surface area (Å²) in [6.45, 7) is 2.29. The van der Waals surface area contributed by atoms with Crippen LogP contribution < -0.4 is 0 Å². The molecule has 0 amide bonds. The lowest BCUT2D eigenvalue weighted by atomic mass is 10.3. The molecule has 1 aliphatic rings. The Labute approximate surface area is 76.7 Å². The van der Waals surface area contributed by atoms with E-state index in [1.165, 1.54) is 0 Å². The smallest absolute Gasteiger partial charge is 0.310 e. The van der Waals surface area contributed by atoms with Gasteiger partial charge in [-0.3, -0.25) is 9.79 Å². The average molecular weight is 186 g/mol. The number of aliphatic hydroxyl groups excluding tert-OH is 1. The number of carboxylic acid groups (broad SMARTS) is 1. The zero-order chi connectivity index (χ0) is 9.68. The van der Waals surface area contributed by atoms with Crippen molar-refractivity contribution in [3.63, 3.8) is 0 Å². The first kappa shape index (κ1) is 9.98. The van der Waals surface area contributed by atoms with Gasteiger partial charge in [0.25, 0.3) is 0 Å². The predicted octanol–water partition coefficient (Wildman–Crippen LogP) is -0.442. The molecular weight excluding hydrogens is 172 g/mol. The number of rotatable bonds is 5. The van der Waals surface area contributed by atoms with Crippen molar-refractivity contribution in [2.75, 3.05) is 26.2 Å². The van der Waals surface area contributed by atoms with E-state index in [1.54, 1.807) is 0 Å². The van der Waals surface area contributed by atoms with Crippen LogP contribution in [0.4, 0.5) is 0 Å². The number of nitrogens with zero attached hydrogens (tertiary/aromatic N) is 2. The molecule has 1 heterocycles. The molecule has 1 rings (SSSR count). The fourth-order valence-electron chi connectivity index (χ4n) is 1.33. The number of aliphatic hydroxyl groups is 1. The Kier molecular flexibility index (Phi) is 3.70. The predicted molar refractivity (Wildman–Crippen MR) is 47.8 cm³/mol. The molecule has 1 aliphatic heterocycles. The van der Waals surface area contributed by atoms with E-state index >= 15 is 0 Å². The summed E-state index contributed by atoms with van der Waals surface area (Å²) < 4.78 is 0. The van der Waals surface area contributed by atoms with Gasteiger partial charge in [0.1, 0.15) is 12.3 Å². The Morgan fingerprint density at radius 3 is 3.00 bits per heavy atom. The second-order valence-corrected chi connectivity index (χ2v) is 2.93. The number of hydrogen-bond acceptors (Lipinski definition) is 4. The zero-order valence-electron chi connectivity index (χ0n) is 7.44. The van der Waals surface area contributed by atoms with E-state index in [2.05, 4.69) is 4.99 Å². The van der Waals surface area contributed by atoms with Gasteiger partial charge < -0.3 is 15.1 Å². The standard InChI is InChI=1S/C8H14N2O3/c11-5-1-3-10-4-2-9-7(10)6-8(12)13/h11H,1-6H2,(H,12,13). The lowest BCUT2D eigenvalue weighted by molar-refractivity contribution is -0.135. The highest BCUT2D eigenvalue weighted by molar-refractivity contribution is 5.97. The Morgan fingerprint density at radius 2 is 2.38 bits per heavy atom. The highest BCUT2D eigenvalue weighted by Crippen LogP contribution is 2.05. The summed E-state index contributed by atoms with van der Waals surface area (Å²) in [7, 11) is 0. The zero-order valence-corrected chi connectivity index (χ0v) is 7.44. The molecule has 2 N–H and O–H groups in total. The molecule has 0 aromatic carbocycles. The summed E-state index contributed by atoms with van der Waals surface area (Å²) in [4.78, 5) is 16.4. The van der Waals surface area contributed by atoms with Gasteiger partial charge in [0.05, 0.1) is 6.54 Å². The van der Waals surface area contributed by atoms with Crippen molar-refractivity contribution in [3.05, 3.63) is 0 Å². The maximum atomic E-state index is 10.4. The summed E-state index contributed by atoms with van der Waals surface area (Å²) in [6.07, 6.45) is 0.657. The van der Waals surface area contributed by atoms with Crippen molar-refractivity contribution in [1.29, 1.82) is 0 Å². The molecule has 0 saturated heterocycles. The van der Waals surface area contributed by atoms with E-state index in [4.69, 9.17) is 10.2 Å². The van der Waals surface area contributed by atoms with Gasteiger partial charge in [0, 0.05) is 19.7 Å². The van der Waals surface area contributed by atoms with Crippen LogP contribution >= 0.6 is 0 Å². The number of aliphatic imine (C=N–C) groups is 1. The third kappa shape index (κ3) is 3.02. The van der Waals surface area contributed by atoms with Gasteiger partial charge in [-0.1, -0.05) is 0 Å². The summed E-state index contributed by atoms with van der Waals surface area (Å²) >= 11 is 0. The largest absolute Gasteiger partial charge is 0.481 e. The first-order chi connectivity index (χ1) is 6.24. The summed E-state index contributed by atoms with van der Waals surface area (Å²) in [5, 5.41) is 17.2.